The van der Waals surface area contributed by atoms with Crippen molar-refractivity contribution < 1.29 is 9.53 Å². The SMILES string of the molecule is CCCCC(CC)[C@H](N)CCNC(=O)OC(C)(C)C. The molecule has 0 heterocycles. The number of hydrogen-bond acceptors (Lipinski definition) is 3. The summed E-state index contributed by atoms with van der Waals surface area (Å²) in [5, 5.41) is 2.76. The first-order valence-electron chi connectivity index (χ1n) is 7.52. The zero-order valence-corrected chi connectivity index (χ0v) is 13.3. The Hall–Kier alpha value is -0.770. The molecule has 3 N–H and O–H groups in total. The highest BCUT2D eigenvalue weighted by molar-refractivity contribution is 5.67. The van der Waals surface area contributed by atoms with Gasteiger partial charge in [0, 0.05) is 12.6 Å². The normalized spacial score (nSPS) is 14.8. The Morgan fingerprint density at radius 2 is 1.89 bits per heavy atom. The minimum atomic E-state index is -0.445. The molecular formula is C15H32N2O2. The third kappa shape index (κ3) is 9.77. The van der Waals surface area contributed by atoms with Crippen LogP contribution in [0.2, 0.25) is 0 Å². The van der Waals surface area contributed by atoms with E-state index in [1.54, 1.807) is 0 Å². The molecule has 0 aromatic rings. The largest absolute Gasteiger partial charge is 0.444 e. The summed E-state index contributed by atoms with van der Waals surface area (Å²) in [7, 11) is 0. The molecule has 1 unspecified atom stereocenters. The predicted octanol–water partition coefficient (Wildman–Crippen LogP) is 3.44. The molecule has 0 saturated carbocycles. The number of nitrogens with two attached hydrogens (primary N) is 1. The maximum absolute atomic E-state index is 11.5. The Bertz CT molecular complexity index is 249. The molecule has 0 bridgehead atoms. The summed E-state index contributed by atoms with van der Waals surface area (Å²) in [5.74, 6) is 0.556. The van der Waals surface area contributed by atoms with E-state index in [0.717, 1.165) is 12.8 Å². The lowest BCUT2D eigenvalue weighted by Gasteiger charge is -2.23. The van der Waals surface area contributed by atoms with Crippen molar-refractivity contribution in [3.05, 3.63) is 0 Å². The van der Waals surface area contributed by atoms with Crippen LogP contribution in [0.25, 0.3) is 0 Å². The minimum absolute atomic E-state index is 0.159. The monoisotopic (exact) mass is 272 g/mol. The van der Waals surface area contributed by atoms with Crippen LogP contribution in [0.15, 0.2) is 0 Å². The van der Waals surface area contributed by atoms with Crippen molar-refractivity contribution in [1.82, 2.24) is 5.32 Å². The molecule has 0 aliphatic rings. The topological polar surface area (TPSA) is 64.3 Å². The van der Waals surface area contributed by atoms with Crippen LogP contribution >= 0.6 is 0 Å². The number of alkyl carbamates (subject to hydrolysis) is 1. The molecule has 0 fully saturated rings. The molecule has 1 amide bonds. The van der Waals surface area contributed by atoms with Gasteiger partial charge in [-0.15, -0.1) is 0 Å². The Balaban J connectivity index is 3.88. The van der Waals surface area contributed by atoms with E-state index in [1.165, 1.54) is 19.3 Å². The molecule has 0 aromatic carbocycles. The molecule has 0 radical (unpaired) electrons. The van der Waals surface area contributed by atoms with Crippen LogP contribution in [0.3, 0.4) is 0 Å². The average Bonchev–Trinajstić information content (AvgIpc) is 2.27. The fraction of sp³-hybridized carbons (Fsp3) is 0.933. The Labute approximate surface area is 118 Å². The Morgan fingerprint density at radius 3 is 2.37 bits per heavy atom. The first-order valence-corrected chi connectivity index (χ1v) is 7.52. The number of rotatable bonds is 8. The van der Waals surface area contributed by atoms with Crippen molar-refractivity contribution in [1.29, 1.82) is 0 Å². The first kappa shape index (κ1) is 18.2. The lowest BCUT2D eigenvalue weighted by atomic mass is 9.90. The summed E-state index contributed by atoms with van der Waals surface area (Å²) < 4.78 is 5.18. The van der Waals surface area contributed by atoms with Gasteiger partial charge in [0.1, 0.15) is 5.60 Å². The summed E-state index contributed by atoms with van der Waals surface area (Å²) in [6.07, 6.45) is 5.17. The molecule has 0 aliphatic carbocycles. The number of unbranched alkanes of at least 4 members (excludes halogenated alkanes) is 1. The average molecular weight is 272 g/mol. The van der Waals surface area contributed by atoms with E-state index in [0.29, 0.717) is 12.5 Å². The zero-order valence-electron chi connectivity index (χ0n) is 13.3. The summed E-state index contributed by atoms with van der Waals surface area (Å²) in [6.45, 7) is 10.5. The quantitative estimate of drug-likeness (QED) is 0.711. The smallest absolute Gasteiger partial charge is 0.407 e. The Morgan fingerprint density at radius 1 is 1.26 bits per heavy atom. The van der Waals surface area contributed by atoms with E-state index in [4.69, 9.17) is 10.5 Å². The summed E-state index contributed by atoms with van der Waals surface area (Å²) in [5.41, 5.74) is 5.75. The van der Waals surface area contributed by atoms with Gasteiger partial charge in [0.15, 0.2) is 0 Å². The minimum Gasteiger partial charge on any atom is -0.444 e. The van der Waals surface area contributed by atoms with Gasteiger partial charge in [0.25, 0.3) is 0 Å². The number of ether oxygens (including phenoxy) is 1. The van der Waals surface area contributed by atoms with Crippen LogP contribution in [0.4, 0.5) is 4.79 Å². The maximum Gasteiger partial charge on any atom is 0.407 e. The molecule has 19 heavy (non-hydrogen) atoms. The van der Waals surface area contributed by atoms with Gasteiger partial charge in [-0.2, -0.15) is 0 Å². The molecule has 0 aliphatic heterocycles. The molecule has 0 saturated heterocycles. The molecule has 4 nitrogen and oxygen atoms in total. The predicted molar refractivity (Wildman–Crippen MR) is 80.1 cm³/mol. The molecule has 0 rings (SSSR count). The van der Waals surface area contributed by atoms with Crippen molar-refractivity contribution in [2.24, 2.45) is 11.7 Å². The van der Waals surface area contributed by atoms with E-state index in [2.05, 4.69) is 19.2 Å². The number of nitrogens with one attached hydrogen (secondary N) is 1. The molecule has 0 spiro atoms. The third-order valence-corrected chi connectivity index (χ3v) is 3.20. The Kier molecular flexibility index (Phi) is 8.81. The second kappa shape index (κ2) is 9.18. The molecule has 4 heteroatoms. The number of carbonyl (C=O) groups is 1. The highest BCUT2D eigenvalue weighted by atomic mass is 16.6. The third-order valence-electron chi connectivity index (χ3n) is 3.20. The summed E-state index contributed by atoms with van der Waals surface area (Å²) in [4.78, 5) is 11.5. The van der Waals surface area contributed by atoms with Crippen LogP contribution in [0.5, 0.6) is 0 Å². The van der Waals surface area contributed by atoms with E-state index in [1.807, 2.05) is 20.8 Å². The van der Waals surface area contributed by atoms with Crippen LogP contribution in [0, 0.1) is 5.92 Å². The van der Waals surface area contributed by atoms with Crippen molar-refractivity contribution in [3.63, 3.8) is 0 Å². The van der Waals surface area contributed by atoms with Crippen LogP contribution in [0.1, 0.15) is 66.7 Å². The number of carbonyl (C=O) groups excluding carboxylic acids is 1. The molecule has 114 valence electrons. The van der Waals surface area contributed by atoms with Crippen molar-refractivity contribution in [3.8, 4) is 0 Å². The van der Waals surface area contributed by atoms with Crippen LogP contribution in [-0.4, -0.2) is 24.3 Å². The van der Waals surface area contributed by atoms with Gasteiger partial charge in [-0.25, -0.2) is 4.79 Å². The second-order valence-electron chi connectivity index (χ2n) is 6.19. The van der Waals surface area contributed by atoms with Gasteiger partial charge in [-0.1, -0.05) is 33.1 Å². The van der Waals surface area contributed by atoms with Gasteiger partial charge >= 0.3 is 6.09 Å². The fourth-order valence-electron chi connectivity index (χ4n) is 2.08. The highest BCUT2D eigenvalue weighted by Gasteiger charge is 2.18. The van der Waals surface area contributed by atoms with Gasteiger partial charge in [0.2, 0.25) is 0 Å². The van der Waals surface area contributed by atoms with E-state index >= 15 is 0 Å². The lowest BCUT2D eigenvalue weighted by molar-refractivity contribution is 0.0525. The van der Waals surface area contributed by atoms with Crippen molar-refractivity contribution in [2.45, 2.75) is 78.4 Å². The zero-order chi connectivity index (χ0) is 14.9. The van der Waals surface area contributed by atoms with E-state index < -0.39 is 5.60 Å². The van der Waals surface area contributed by atoms with Crippen LogP contribution < -0.4 is 11.1 Å². The summed E-state index contributed by atoms with van der Waals surface area (Å²) >= 11 is 0. The van der Waals surface area contributed by atoms with E-state index in [-0.39, 0.29) is 12.1 Å². The number of amides is 1. The van der Waals surface area contributed by atoms with Crippen LogP contribution in [-0.2, 0) is 4.74 Å². The molecule has 2 atom stereocenters. The van der Waals surface area contributed by atoms with Gasteiger partial charge < -0.3 is 15.8 Å². The second-order valence-corrected chi connectivity index (χ2v) is 6.19. The fourth-order valence-corrected chi connectivity index (χ4v) is 2.08. The van der Waals surface area contributed by atoms with Gasteiger partial charge in [0.05, 0.1) is 0 Å². The number of hydrogen-bond donors (Lipinski definition) is 2. The molecular weight excluding hydrogens is 240 g/mol. The van der Waals surface area contributed by atoms with E-state index in [9.17, 15) is 4.79 Å². The standard InChI is InChI=1S/C15H32N2O2/c1-6-8-9-12(7-2)13(16)10-11-17-14(18)19-15(3,4)5/h12-13H,6-11,16H2,1-5H3,(H,17,18)/t12?,13-/m1/s1. The van der Waals surface area contributed by atoms with Crippen molar-refractivity contribution >= 4 is 6.09 Å². The highest BCUT2D eigenvalue weighted by Crippen LogP contribution is 2.17. The molecule has 0 aromatic heterocycles. The van der Waals surface area contributed by atoms with Gasteiger partial charge in [-0.05, 0) is 39.5 Å². The van der Waals surface area contributed by atoms with Gasteiger partial charge in [-0.3, -0.25) is 0 Å². The maximum atomic E-state index is 11.5. The summed E-state index contributed by atoms with van der Waals surface area (Å²) in [6, 6.07) is 0.159. The van der Waals surface area contributed by atoms with Crippen molar-refractivity contribution in [2.75, 3.05) is 6.54 Å². The first-order chi connectivity index (χ1) is 8.80. The lowest BCUT2D eigenvalue weighted by Crippen LogP contribution is -2.37.